The number of aromatic nitrogens is 1. The molecule has 0 radical (unpaired) electrons. The van der Waals surface area contributed by atoms with E-state index in [2.05, 4.69) is 22.0 Å². The first-order valence-electron chi connectivity index (χ1n) is 6.23. The van der Waals surface area contributed by atoms with E-state index < -0.39 is 0 Å². The monoisotopic (exact) mass is 227 g/mol. The molecule has 2 aromatic rings. The third kappa shape index (κ3) is 1.82. The van der Waals surface area contributed by atoms with Crippen molar-refractivity contribution in [1.82, 2.24) is 4.98 Å². The number of pyridine rings is 1. The van der Waals surface area contributed by atoms with Gasteiger partial charge in [-0.25, -0.2) is 0 Å². The number of piperidine rings is 1. The fourth-order valence-corrected chi connectivity index (χ4v) is 2.59. The van der Waals surface area contributed by atoms with E-state index in [1.165, 1.54) is 24.9 Å². The maximum absolute atomic E-state index is 6.28. The summed E-state index contributed by atoms with van der Waals surface area (Å²) in [6, 6.07) is 6.24. The van der Waals surface area contributed by atoms with Crippen LogP contribution >= 0.6 is 0 Å². The van der Waals surface area contributed by atoms with Crippen molar-refractivity contribution in [3.63, 3.8) is 0 Å². The number of hydrogen-bond acceptors (Lipinski definition) is 3. The van der Waals surface area contributed by atoms with Crippen molar-refractivity contribution in [1.29, 1.82) is 0 Å². The van der Waals surface area contributed by atoms with Gasteiger partial charge in [-0.3, -0.25) is 4.98 Å². The number of fused-ring (bicyclic) bond motifs is 1. The normalized spacial score (nSPS) is 16.4. The van der Waals surface area contributed by atoms with Crippen LogP contribution in [-0.4, -0.2) is 18.1 Å². The van der Waals surface area contributed by atoms with E-state index in [1.807, 2.05) is 12.3 Å². The Hall–Kier alpha value is -1.77. The summed E-state index contributed by atoms with van der Waals surface area (Å²) < 4.78 is 0. The Morgan fingerprint density at radius 3 is 2.71 bits per heavy atom. The molecule has 0 unspecified atom stereocenters. The van der Waals surface area contributed by atoms with Gasteiger partial charge in [-0.15, -0.1) is 0 Å². The number of anilines is 2. The molecule has 3 heteroatoms. The summed E-state index contributed by atoms with van der Waals surface area (Å²) in [5, 5.41) is 2.23. The van der Waals surface area contributed by atoms with Crippen LogP contribution in [0.15, 0.2) is 30.6 Å². The van der Waals surface area contributed by atoms with Crippen molar-refractivity contribution in [2.24, 2.45) is 0 Å². The maximum atomic E-state index is 6.28. The maximum Gasteiger partial charge on any atom is 0.0632 e. The Balaban J connectivity index is 2.07. The van der Waals surface area contributed by atoms with Crippen molar-refractivity contribution in [3.05, 3.63) is 30.6 Å². The zero-order valence-electron chi connectivity index (χ0n) is 9.89. The van der Waals surface area contributed by atoms with Gasteiger partial charge < -0.3 is 10.6 Å². The van der Waals surface area contributed by atoms with Gasteiger partial charge in [0.15, 0.2) is 0 Å². The number of nitrogens with two attached hydrogens (primary N) is 1. The minimum atomic E-state index is 0.895. The molecule has 2 N–H and O–H groups in total. The fraction of sp³-hybridized carbons (Fsp3) is 0.357. The second kappa shape index (κ2) is 4.24. The van der Waals surface area contributed by atoms with Gasteiger partial charge in [0.05, 0.1) is 11.4 Å². The van der Waals surface area contributed by atoms with Crippen LogP contribution in [0.4, 0.5) is 11.4 Å². The molecule has 0 amide bonds. The van der Waals surface area contributed by atoms with E-state index in [9.17, 15) is 0 Å². The second-order valence-electron chi connectivity index (χ2n) is 4.64. The predicted molar refractivity (Wildman–Crippen MR) is 72.2 cm³/mol. The zero-order chi connectivity index (χ0) is 11.7. The number of rotatable bonds is 1. The first-order chi connectivity index (χ1) is 8.36. The highest BCUT2D eigenvalue weighted by atomic mass is 15.1. The first-order valence-corrected chi connectivity index (χ1v) is 6.23. The molecule has 0 aliphatic carbocycles. The zero-order valence-corrected chi connectivity index (χ0v) is 9.89. The molecular formula is C14H17N3. The van der Waals surface area contributed by atoms with Gasteiger partial charge in [0.2, 0.25) is 0 Å². The number of nitrogens with zero attached hydrogens (tertiary/aromatic N) is 2. The van der Waals surface area contributed by atoms with Crippen molar-refractivity contribution >= 4 is 22.1 Å². The lowest BCUT2D eigenvalue weighted by atomic mass is 10.1. The first kappa shape index (κ1) is 10.4. The molecule has 1 aromatic heterocycles. The van der Waals surface area contributed by atoms with Crippen LogP contribution < -0.4 is 10.6 Å². The number of hydrogen-bond donors (Lipinski definition) is 1. The Bertz CT molecular complexity index is 530. The van der Waals surface area contributed by atoms with Gasteiger partial charge in [-0.05, 0) is 31.4 Å². The fourth-order valence-electron chi connectivity index (χ4n) is 2.59. The van der Waals surface area contributed by atoms with Gasteiger partial charge in [0.1, 0.15) is 0 Å². The summed E-state index contributed by atoms with van der Waals surface area (Å²) in [7, 11) is 0. The standard InChI is InChI=1S/C14H17N3/c15-14-12-6-7-16-10-11(12)4-5-13(14)17-8-2-1-3-9-17/h4-7,10H,1-3,8-9,15H2. The molecule has 1 saturated heterocycles. The molecule has 3 rings (SSSR count). The third-order valence-electron chi connectivity index (χ3n) is 3.54. The molecule has 17 heavy (non-hydrogen) atoms. The topological polar surface area (TPSA) is 42.1 Å². The van der Waals surface area contributed by atoms with E-state index in [-0.39, 0.29) is 0 Å². The van der Waals surface area contributed by atoms with Crippen LogP contribution in [0.25, 0.3) is 10.8 Å². The average Bonchev–Trinajstić information content (AvgIpc) is 2.40. The molecule has 3 nitrogen and oxygen atoms in total. The molecule has 0 atom stereocenters. The molecule has 0 saturated carbocycles. The Morgan fingerprint density at radius 1 is 1.06 bits per heavy atom. The van der Waals surface area contributed by atoms with E-state index >= 15 is 0 Å². The van der Waals surface area contributed by atoms with Crippen molar-refractivity contribution in [3.8, 4) is 0 Å². The van der Waals surface area contributed by atoms with E-state index in [1.54, 1.807) is 6.20 Å². The van der Waals surface area contributed by atoms with E-state index in [0.717, 1.165) is 29.5 Å². The molecule has 1 aliphatic rings. The summed E-state index contributed by atoms with van der Waals surface area (Å²) in [4.78, 5) is 6.53. The minimum Gasteiger partial charge on any atom is -0.397 e. The highest BCUT2D eigenvalue weighted by Gasteiger charge is 2.14. The van der Waals surface area contributed by atoms with Crippen LogP contribution in [0.1, 0.15) is 19.3 Å². The highest BCUT2D eigenvalue weighted by Crippen LogP contribution is 2.32. The van der Waals surface area contributed by atoms with Gasteiger partial charge in [-0.1, -0.05) is 6.07 Å². The summed E-state index contributed by atoms with van der Waals surface area (Å²) in [6.07, 6.45) is 7.56. The van der Waals surface area contributed by atoms with Crippen LogP contribution in [0, 0.1) is 0 Å². The quantitative estimate of drug-likeness (QED) is 0.762. The highest BCUT2D eigenvalue weighted by molar-refractivity contribution is 5.98. The van der Waals surface area contributed by atoms with Crippen molar-refractivity contribution in [2.75, 3.05) is 23.7 Å². The van der Waals surface area contributed by atoms with Crippen LogP contribution in [0.5, 0.6) is 0 Å². The number of benzene rings is 1. The Morgan fingerprint density at radius 2 is 1.88 bits per heavy atom. The van der Waals surface area contributed by atoms with Crippen LogP contribution in [-0.2, 0) is 0 Å². The van der Waals surface area contributed by atoms with Gasteiger partial charge in [0, 0.05) is 36.3 Å². The minimum absolute atomic E-state index is 0.895. The smallest absolute Gasteiger partial charge is 0.0632 e. The largest absolute Gasteiger partial charge is 0.397 e. The van der Waals surface area contributed by atoms with Gasteiger partial charge in [0.25, 0.3) is 0 Å². The van der Waals surface area contributed by atoms with Crippen molar-refractivity contribution < 1.29 is 0 Å². The molecule has 2 heterocycles. The van der Waals surface area contributed by atoms with Crippen LogP contribution in [0.3, 0.4) is 0 Å². The predicted octanol–water partition coefficient (Wildman–Crippen LogP) is 2.81. The lowest BCUT2D eigenvalue weighted by Crippen LogP contribution is -2.30. The van der Waals surface area contributed by atoms with Gasteiger partial charge in [-0.2, -0.15) is 0 Å². The molecule has 0 bridgehead atoms. The Kier molecular flexibility index (Phi) is 2.59. The van der Waals surface area contributed by atoms with Crippen LogP contribution in [0.2, 0.25) is 0 Å². The molecular weight excluding hydrogens is 210 g/mol. The summed E-state index contributed by atoms with van der Waals surface area (Å²) in [5.74, 6) is 0. The van der Waals surface area contributed by atoms with Crippen molar-refractivity contribution in [2.45, 2.75) is 19.3 Å². The van der Waals surface area contributed by atoms with E-state index in [0.29, 0.717) is 0 Å². The Labute approximate surface area is 101 Å². The lowest BCUT2D eigenvalue weighted by molar-refractivity contribution is 0.578. The second-order valence-corrected chi connectivity index (χ2v) is 4.64. The number of nitrogen functional groups attached to an aromatic ring is 1. The molecule has 88 valence electrons. The molecule has 1 aliphatic heterocycles. The molecule has 1 fully saturated rings. The average molecular weight is 227 g/mol. The SMILES string of the molecule is Nc1c(N2CCCCC2)ccc2cnccc12. The summed E-state index contributed by atoms with van der Waals surface area (Å²) >= 11 is 0. The molecule has 0 spiro atoms. The third-order valence-corrected chi connectivity index (χ3v) is 3.54. The lowest BCUT2D eigenvalue weighted by Gasteiger charge is -2.30. The molecule has 1 aromatic carbocycles. The summed E-state index contributed by atoms with van der Waals surface area (Å²) in [5.41, 5.74) is 8.36. The van der Waals surface area contributed by atoms with Gasteiger partial charge >= 0.3 is 0 Å². The van der Waals surface area contributed by atoms with E-state index in [4.69, 9.17) is 5.73 Å². The summed E-state index contributed by atoms with van der Waals surface area (Å²) in [6.45, 7) is 2.25.